The van der Waals surface area contributed by atoms with Crippen molar-refractivity contribution in [3.8, 4) is 5.75 Å². The summed E-state index contributed by atoms with van der Waals surface area (Å²) in [6.07, 6.45) is -3.74. The van der Waals surface area contributed by atoms with E-state index < -0.39 is 34.9 Å². The number of halogens is 6. The highest BCUT2D eigenvalue weighted by Crippen LogP contribution is 2.45. The molecule has 1 aromatic rings. The van der Waals surface area contributed by atoms with Gasteiger partial charge in [0.25, 0.3) is 5.92 Å². The minimum atomic E-state index is -5.03. The SMILES string of the molecule is CCCC1CSC(C(F)(F)Cc2ccc(OC(F)(F)F)c(F)c2)SC1. The summed E-state index contributed by atoms with van der Waals surface area (Å²) in [6.45, 7) is 2.05. The molecule has 0 atom stereocenters. The summed E-state index contributed by atoms with van der Waals surface area (Å²) >= 11 is 2.40. The van der Waals surface area contributed by atoms with Crippen molar-refractivity contribution in [2.75, 3.05) is 11.5 Å². The van der Waals surface area contributed by atoms with E-state index in [0.717, 1.165) is 25.0 Å². The number of ether oxygens (including phenoxy) is 1. The number of thioether (sulfide) groups is 2. The Morgan fingerprint density at radius 2 is 1.76 bits per heavy atom. The molecule has 1 heterocycles. The third-order valence-corrected chi connectivity index (χ3v) is 7.11. The maximum atomic E-state index is 14.4. The predicted molar refractivity (Wildman–Crippen MR) is 88.8 cm³/mol. The molecule has 1 aromatic carbocycles. The standard InChI is InChI=1S/C16H18F6OS2/c1-2-3-11-8-24-14(25-9-11)15(18,19)7-10-4-5-13(12(17)6-10)23-16(20,21)22/h4-6,11,14H,2-3,7-9H2,1H3. The molecule has 1 aliphatic rings. The van der Waals surface area contributed by atoms with Crippen molar-refractivity contribution in [2.24, 2.45) is 5.92 Å². The van der Waals surface area contributed by atoms with Crippen molar-refractivity contribution in [1.29, 1.82) is 0 Å². The molecule has 0 saturated carbocycles. The molecular weight excluding hydrogens is 386 g/mol. The Hall–Kier alpha value is -0.700. The van der Waals surface area contributed by atoms with Gasteiger partial charge in [-0.05, 0) is 41.5 Å². The van der Waals surface area contributed by atoms with Crippen molar-refractivity contribution in [3.63, 3.8) is 0 Å². The monoisotopic (exact) mass is 404 g/mol. The smallest absolute Gasteiger partial charge is 0.403 e. The van der Waals surface area contributed by atoms with Crippen molar-refractivity contribution < 1.29 is 31.1 Å². The van der Waals surface area contributed by atoms with Crippen LogP contribution in [-0.2, 0) is 6.42 Å². The van der Waals surface area contributed by atoms with Gasteiger partial charge >= 0.3 is 6.36 Å². The van der Waals surface area contributed by atoms with Gasteiger partial charge in [0, 0.05) is 6.42 Å². The van der Waals surface area contributed by atoms with Crippen LogP contribution in [0.3, 0.4) is 0 Å². The predicted octanol–water partition coefficient (Wildman–Crippen LogP) is 6.12. The molecule has 0 spiro atoms. The zero-order chi connectivity index (χ0) is 18.7. The van der Waals surface area contributed by atoms with Crippen molar-refractivity contribution in [1.82, 2.24) is 0 Å². The number of alkyl halides is 5. The number of rotatable bonds is 6. The van der Waals surface area contributed by atoms with Crippen LogP contribution in [0, 0.1) is 11.7 Å². The molecule has 0 aliphatic carbocycles. The van der Waals surface area contributed by atoms with Gasteiger partial charge in [-0.3, -0.25) is 0 Å². The topological polar surface area (TPSA) is 9.23 Å². The zero-order valence-electron chi connectivity index (χ0n) is 13.4. The van der Waals surface area contributed by atoms with Crippen LogP contribution in [0.1, 0.15) is 25.3 Å². The van der Waals surface area contributed by atoms with Gasteiger partial charge in [-0.2, -0.15) is 0 Å². The van der Waals surface area contributed by atoms with Crippen LogP contribution in [0.25, 0.3) is 0 Å². The molecule has 25 heavy (non-hydrogen) atoms. The van der Waals surface area contributed by atoms with E-state index >= 15 is 0 Å². The molecule has 9 heteroatoms. The Balaban J connectivity index is 1.99. The van der Waals surface area contributed by atoms with E-state index in [4.69, 9.17) is 0 Å². The van der Waals surface area contributed by atoms with Crippen LogP contribution in [-0.4, -0.2) is 28.4 Å². The van der Waals surface area contributed by atoms with Gasteiger partial charge in [0.2, 0.25) is 0 Å². The fraction of sp³-hybridized carbons (Fsp3) is 0.625. The Labute approximate surface area is 150 Å². The molecule has 1 fully saturated rings. The summed E-state index contributed by atoms with van der Waals surface area (Å²) in [7, 11) is 0. The average molecular weight is 404 g/mol. The van der Waals surface area contributed by atoms with Crippen LogP contribution >= 0.6 is 23.5 Å². The van der Waals surface area contributed by atoms with Gasteiger partial charge in [0.1, 0.15) is 4.58 Å². The van der Waals surface area contributed by atoms with Gasteiger partial charge in [-0.25, -0.2) is 13.2 Å². The Morgan fingerprint density at radius 3 is 2.28 bits per heavy atom. The van der Waals surface area contributed by atoms with Crippen LogP contribution in [0.15, 0.2) is 18.2 Å². The fourth-order valence-corrected chi connectivity index (χ4v) is 5.70. The van der Waals surface area contributed by atoms with Crippen LogP contribution in [0.4, 0.5) is 26.3 Å². The summed E-state index contributed by atoms with van der Waals surface area (Å²) in [5, 5.41) is 0. The second-order valence-electron chi connectivity index (χ2n) is 5.90. The fourth-order valence-electron chi connectivity index (χ4n) is 2.58. The normalized spacial score (nSPS) is 22.0. The summed E-state index contributed by atoms with van der Waals surface area (Å²) < 4.78 is 81.4. The second-order valence-corrected chi connectivity index (χ2v) is 8.48. The highest BCUT2D eigenvalue weighted by atomic mass is 32.2. The third kappa shape index (κ3) is 6.20. The van der Waals surface area contributed by atoms with E-state index in [1.807, 2.05) is 0 Å². The largest absolute Gasteiger partial charge is 0.573 e. The summed E-state index contributed by atoms with van der Waals surface area (Å²) in [5.74, 6) is -3.67. The lowest BCUT2D eigenvalue weighted by Crippen LogP contribution is -2.35. The highest BCUT2D eigenvalue weighted by molar-refractivity contribution is 8.17. The second kappa shape index (κ2) is 8.33. The summed E-state index contributed by atoms with van der Waals surface area (Å²) in [4.78, 5) is 0. The number of benzene rings is 1. The van der Waals surface area contributed by atoms with Gasteiger partial charge in [-0.1, -0.05) is 19.4 Å². The van der Waals surface area contributed by atoms with Gasteiger partial charge in [-0.15, -0.1) is 36.7 Å². The first-order valence-corrected chi connectivity index (χ1v) is 9.85. The molecule has 1 nitrogen and oxygen atoms in total. The maximum absolute atomic E-state index is 14.4. The Bertz CT molecular complexity index is 570. The van der Waals surface area contributed by atoms with E-state index in [1.54, 1.807) is 0 Å². The molecular formula is C16H18F6OS2. The molecule has 2 rings (SSSR count). The molecule has 142 valence electrons. The molecule has 1 aliphatic heterocycles. The van der Waals surface area contributed by atoms with E-state index in [2.05, 4.69) is 11.7 Å². The lowest BCUT2D eigenvalue weighted by Gasteiger charge is -2.32. The highest BCUT2D eigenvalue weighted by Gasteiger charge is 2.43. The van der Waals surface area contributed by atoms with Crippen LogP contribution < -0.4 is 4.74 Å². The molecule has 1 saturated heterocycles. The van der Waals surface area contributed by atoms with Crippen molar-refractivity contribution >= 4 is 23.5 Å². The third-order valence-electron chi connectivity index (χ3n) is 3.67. The van der Waals surface area contributed by atoms with E-state index in [9.17, 15) is 26.3 Å². The molecule has 0 amide bonds. The Kier molecular flexibility index (Phi) is 6.87. The number of hydrogen-bond donors (Lipinski definition) is 0. The van der Waals surface area contributed by atoms with Crippen molar-refractivity contribution in [2.45, 2.75) is 43.1 Å². The quantitative estimate of drug-likeness (QED) is 0.528. The van der Waals surface area contributed by atoms with E-state index in [1.165, 1.54) is 23.5 Å². The first-order valence-electron chi connectivity index (χ1n) is 7.76. The zero-order valence-corrected chi connectivity index (χ0v) is 15.0. The minimum absolute atomic E-state index is 0.0612. The first-order chi connectivity index (χ1) is 11.6. The van der Waals surface area contributed by atoms with Crippen LogP contribution in [0.5, 0.6) is 5.75 Å². The van der Waals surface area contributed by atoms with Crippen molar-refractivity contribution in [3.05, 3.63) is 29.6 Å². The molecule has 0 bridgehead atoms. The first kappa shape index (κ1) is 20.6. The summed E-state index contributed by atoms with van der Waals surface area (Å²) in [6, 6.07) is 2.44. The Morgan fingerprint density at radius 1 is 1.12 bits per heavy atom. The molecule has 0 N–H and O–H groups in total. The summed E-state index contributed by atoms with van der Waals surface area (Å²) in [5.41, 5.74) is -0.0612. The van der Waals surface area contributed by atoms with Gasteiger partial charge in [0.15, 0.2) is 11.6 Å². The number of hydrogen-bond acceptors (Lipinski definition) is 3. The lowest BCUT2D eigenvalue weighted by atomic mass is 10.1. The van der Waals surface area contributed by atoms with Gasteiger partial charge in [0.05, 0.1) is 0 Å². The average Bonchev–Trinajstić information content (AvgIpc) is 2.49. The molecule has 0 radical (unpaired) electrons. The van der Waals surface area contributed by atoms with E-state index in [0.29, 0.717) is 23.5 Å². The van der Waals surface area contributed by atoms with Gasteiger partial charge < -0.3 is 4.74 Å². The van der Waals surface area contributed by atoms with E-state index in [-0.39, 0.29) is 5.56 Å². The lowest BCUT2D eigenvalue weighted by molar-refractivity contribution is -0.275. The molecule has 0 aromatic heterocycles. The molecule has 0 unspecified atom stereocenters. The minimum Gasteiger partial charge on any atom is -0.403 e. The maximum Gasteiger partial charge on any atom is 0.573 e. The van der Waals surface area contributed by atoms with Crippen LogP contribution in [0.2, 0.25) is 0 Å².